The molecule has 0 fully saturated rings. The van der Waals surface area contributed by atoms with E-state index >= 15 is 0 Å². The Labute approximate surface area is 82.8 Å². The monoisotopic (exact) mass is 136 g/mol. The summed E-state index contributed by atoms with van der Waals surface area (Å²) >= 11 is 0. The van der Waals surface area contributed by atoms with Crippen LogP contribution in [0.25, 0.3) is 0 Å². The smallest absolute Gasteiger partial charge is 1.00 e. The Morgan fingerprint density at radius 1 is 1.71 bits per heavy atom. The van der Waals surface area contributed by atoms with Gasteiger partial charge in [0.15, 0.2) is 0 Å². The van der Waals surface area contributed by atoms with Gasteiger partial charge in [-0.25, -0.2) is 4.79 Å². The van der Waals surface area contributed by atoms with Crippen molar-refractivity contribution >= 4 is 5.97 Å². The molecular weight excluding hydrogens is 133 g/mol. The average Bonchev–Trinajstić information content (AvgIpc) is 1.36. The number of carboxylic acids is 1. The summed E-state index contributed by atoms with van der Waals surface area (Å²) in [7, 11) is 0. The van der Waals surface area contributed by atoms with Crippen LogP contribution in [0.3, 0.4) is 0 Å². The van der Waals surface area contributed by atoms with Gasteiger partial charge in [0.25, 0.3) is 0 Å². The van der Waals surface area contributed by atoms with Gasteiger partial charge in [0.05, 0.1) is 0 Å². The van der Waals surface area contributed by atoms with Crippen molar-refractivity contribution in [1.82, 2.24) is 0 Å². The first-order chi connectivity index (χ1) is 2.64. The van der Waals surface area contributed by atoms with Crippen molar-refractivity contribution in [3.05, 3.63) is 0 Å². The molecule has 0 saturated heterocycles. The maximum absolute atomic E-state index is 10.6. The van der Waals surface area contributed by atoms with Gasteiger partial charge in [0.1, 0.15) is 0 Å². The molecule has 0 aliphatic rings. The molecule has 0 atom stereocenters. The standard InChI is InChI=1S/C2H2F2O2.K.H/c3-1(4)2(5)6;;/h1H,(H,5,6);;/q;+1;-1. The fourth-order valence-corrected chi connectivity index (χ4v) is 0. The summed E-state index contributed by atoms with van der Waals surface area (Å²) in [6.07, 6.45) is -3.23. The van der Waals surface area contributed by atoms with E-state index in [2.05, 4.69) is 0 Å². The van der Waals surface area contributed by atoms with Gasteiger partial charge in [0.2, 0.25) is 0 Å². The topological polar surface area (TPSA) is 37.3 Å². The summed E-state index contributed by atoms with van der Waals surface area (Å²) in [5.41, 5.74) is 0. The third-order valence-corrected chi connectivity index (χ3v) is 0.187. The van der Waals surface area contributed by atoms with E-state index < -0.39 is 12.4 Å². The first-order valence-corrected chi connectivity index (χ1v) is 1.15. The molecule has 38 valence electrons. The van der Waals surface area contributed by atoms with Crippen LogP contribution in [0.1, 0.15) is 1.43 Å². The molecule has 0 heterocycles. The Morgan fingerprint density at radius 3 is 1.86 bits per heavy atom. The predicted octanol–water partition coefficient (Wildman–Crippen LogP) is -2.55. The fourth-order valence-electron chi connectivity index (χ4n) is 0. The van der Waals surface area contributed by atoms with Crippen LogP contribution >= 0.6 is 0 Å². The van der Waals surface area contributed by atoms with E-state index in [-0.39, 0.29) is 52.8 Å². The number of carboxylic acid groups (broad SMARTS) is 1. The van der Waals surface area contributed by atoms with Gasteiger partial charge in [0, 0.05) is 0 Å². The quantitative estimate of drug-likeness (QED) is 0.403. The molecule has 5 heteroatoms. The SMILES string of the molecule is O=C(O)C(F)F.[H-].[K+]. The summed E-state index contributed by atoms with van der Waals surface area (Å²) in [6.45, 7) is 0. The molecule has 2 nitrogen and oxygen atoms in total. The first kappa shape index (κ1) is 10.9. The maximum atomic E-state index is 10.6. The molecule has 7 heavy (non-hydrogen) atoms. The third kappa shape index (κ3) is 6.97. The number of aliphatic carboxylic acids is 1. The van der Waals surface area contributed by atoms with Crippen molar-refractivity contribution in [2.24, 2.45) is 0 Å². The number of alkyl halides is 2. The zero-order valence-electron chi connectivity index (χ0n) is 4.69. The number of carbonyl (C=O) groups is 1. The molecule has 0 bridgehead atoms. The van der Waals surface area contributed by atoms with Gasteiger partial charge in [-0.05, 0) is 0 Å². The van der Waals surface area contributed by atoms with Crippen LogP contribution in [0.15, 0.2) is 0 Å². The summed E-state index contributed by atoms with van der Waals surface area (Å²) < 4.78 is 21.1. The Kier molecular flexibility index (Phi) is 7.93. The Balaban J connectivity index is -0.000000125. The van der Waals surface area contributed by atoms with Crippen LogP contribution in [0.5, 0.6) is 0 Å². The van der Waals surface area contributed by atoms with Crippen LogP contribution < -0.4 is 51.4 Å². The molecule has 0 saturated carbocycles. The second-order valence-electron chi connectivity index (χ2n) is 0.639. The van der Waals surface area contributed by atoms with Crippen LogP contribution in [0, 0.1) is 0 Å². The molecule has 0 unspecified atom stereocenters. The normalized spacial score (nSPS) is 7.86. The van der Waals surface area contributed by atoms with E-state index in [0.717, 1.165) is 0 Å². The van der Waals surface area contributed by atoms with Crippen LogP contribution in [0.2, 0.25) is 0 Å². The van der Waals surface area contributed by atoms with E-state index in [1.54, 1.807) is 0 Å². The molecule has 0 rings (SSSR count). The number of hydrogen-bond donors (Lipinski definition) is 1. The van der Waals surface area contributed by atoms with E-state index in [0.29, 0.717) is 0 Å². The van der Waals surface area contributed by atoms with E-state index in [9.17, 15) is 8.78 Å². The van der Waals surface area contributed by atoms with E-state index in [4.69, 9.17) is 9.90 Å². The number of hydrogen-bond acceptors (Lipinski definition) is 1. The van der Waals surface area contributed by atoms with Crippen LogP contribution in [0.4, 0.5) is 8.78 Å². The predicted molar refractivity (Wildman–Crippen MR) is 14.8 cm³/mol. The molecule has 0 radical (unpaired) electrons. The average molecular weight is 136 g/mol. The zero-order valence-corrected chi connectivity index (χ0v) is 6.81. The molecular formula is C2H3F2KO2. The minimum Gasteiger partial charge on any atom is -1.00 e. The van der Waals surface area contributed by atoms with Gasteiger partial charge in [-0.15, -0.1) is 0 Å². The van der Waals surface area contributed by atoms with Crippen molar-refractivity contribution < 1.29 is 71.5 Å². The van der Waals surface area contributed by atoms with Crippen LogP contribution in [-0.2, 0) is 4.79 Å². The van der Waals surface area contributed by atoms with Gasteiger partial charge >= 0.3 is 63.8 Å². The van der Waals surface area contributed by atoms with Crippen molar-refractivity contribution in [2.45, 2.75) is 6.43 Å². The molecule has 0 aliphatic heterocycles. The summed E-state index contributed by atoms with van der Waals surface area (Å²) in [4.78, 5) is 8.95. The number of rotatable bonds is 1. The van der Waals surface area contributed by atoms with E-state index in [1.807, 2.05) is 0 Å². The maximum Gasteiger partial charge on any atom is 1.00 e. The fraction of sp³-hybridized carbons (Fsp3) is 0.500. The van der Waals surface area contributed by atoms with Crippen molar-refractivity contribution in [3.63, 3.8) is 0 Å². The van der Waals surface area contributed by atoms with Crippen molar-refractivity contribution in [3.8, 4) is 0 Å². The van der Waals surface area contributed by atoms with Crippen molar-refractivity contribution in [1.29, 1.82) is 0 Å². The zero-order chi connectivity index (χ0) is 5.15. The minimum absolute atomic E-state index is 0. The second kappa shape index (κ2) is 5.11. The first-order valence-electron chi connectivity index (χ1n) is 1.15. The number of halogens is 2. The molecule has 0 amide bonds. The molecule has 0 aromatic carbocycles. The minimum atomic E-state index is -3.23. The molecule has 0 aromatic rings. The second-order valence-corrected chi connectivity index (χ2v) is 0.639. The van der Waals surface area contributed by atoms with Crippen molar-refractivity contribution in [2.75, 3.05) is 0 Å². The Bertz CT molecular complexity index is 69.1. The molecule has 0 spiro atoms. The van der Waals surface area contributed by atoms with Gasteiger partial charge in [-0.2, -0.15) is 8.78 Å². The summed E-state index contributed by atoms with van der Waals surface area (Å²) in [5, 5.41) is 7.24. The van der Waals surface area contributed by atoms with Gasteiger partial charge in [-0.1, -0.05) is 0 Å². The Morgan fingerprint density at radius 2 is 1.86 bits per heavy atom. The molecule has 0 aromatic heterocycles. The molecule has 1 N–H and O–H groups in total. The van der Waals surface area contributed by atoms with Gasteiger partial charge in [-0.3, -0.25) is 0 Å². The van der Waals surface area contributed by atoms with Gasteiger partial charge < -0.3 is 6.53 Å². The largest absolute Gasteiger partial charge is 1.00 e. The third-order valence-electron chi connectivity index (χ3n) is 0.187. The summed E-state index contributed by atoms with van der Waals surface area (Å²) in [6, 6.07) is 0. The van der Waals surface area contributed by atoms with Crippen LogP contribution in [-0.4, -0.2) is 17.5 Å². The molecule has 0 aliphatic carbocycles. The van der Waals surface area contributed by atoms with E-state index in [1.165, 1.54) is 0 Å². The Hall–Kier alpha value is 0.966. The summed E-state index contributed by atoms with van der Waals surface area (Å²) in [5.74, 6) is -2.07.